The van der Waals surface area contributed by atoms with Gasteiger partial charge in [0.25, 0.3) is 0 Å². The van der Waals surface area contributed by atoms with Gasteiger partial charge in [0.1, 0.15) is 0 Å². The predicted molar refractivity (Wildman–Crippen MR) is 135 cm³/mol. The molecule has 0 radical (unpaired) electrons. The summed E-state index contributed by atoms with van der Waals surface area (Å²) in [5.41, 5.74) is 2.93. The van der Waals surface area contributed by atoms with Gasteiger partial charge in [0.15, 0.2) is 0 Å². The van der Waals surface area contributed by atoms with E-state index in [1.807, 2.05) is 49.3 Å². The molecule has 1 N–H and O–H groups in total. The summed E-state index contributed by atoms with van der Waals surface area (Å²) >= 11 is 0. The van der Waals surface area contributed by atoms with Crippen LogP contribution < -0.4 is 10.2 Å². The molecule has 2 aromatic rings. The molecule has 182 valence electrons. The van der Waals surface area contributed by atoms with Crippen LogP contribution in [0.3, 0.4) is 0 Å². The Morgan fingerprint density at radius 1 is 1.06 bits per heavy atom. The molecule has 0 saturated heterocycles. The number of carbonyl (C=O) groups is 2. The maximum absolute atomic E-state index is 13.2. The third-order valence-electron chi connectivity index (χ3n) is 5.91. The molecule has 8 nitrogen and oxygen atoms in total. The normalized spacial score (nSPS) is 15.2. The van der Waals surface area contributed by atoms with Crippen molar-refractivity contribution < 1.29 is 18.0 Å². The fourth-order valence-electron chi connectivity index (χ4n) is 4.17. The molecular formula is C25H32N4O4S. The zero-order valence-corrected chi connectivity index (χ0v) is 21.1. The second kappa shape index (κ2) is 10.4. The Bertz CT molecular complexity index is 1200. The van der Waals surface area contributed by atoms with Crippen LogP contribution in [0.5, 0.6) is 0 Å². The zero-order valence-electron chi connectivity index (χ0n) is 20.3. The van der Waals surface area contributed by atoms with Crippen molar-refractivity contribution in [3.05, 3.63) is 59.8 Å². The number of hydrogen-bond acceptors (Lipinski definition) is 5. The Balaban J connectivity index is 1.93. The highest BCUT2D eigenvalue weighted by atomic mass is 32.2. The zero-order chi connectivity index (χ0) is 25.0. The lowest BCUT2D eigenvalue weighted by atomic mass is 9.93. The molecule has 0 aromatic heterocycles. The van der Waals surface area contributed by atoms with E-state index >= 15 is 0 Å². The van der Waals surface area contributed by atoms with Crippen molar-refractivity contribution in [1.29, 1.82) is 0 Å². The second-order valence-corrected chi connectivity index (χ2v) is 10.2. The van der Waals surface area contributed by atoms with Gasteiger partial charge in [-0.1, -0.05) is 38.1 Å². The van der Waals surface area contributed by atoms with Gasteiger partial charge in [0.05, 0.1) is 28.7 Å². The minimum Gasteiger partial charge on any atom is -0.376 e. The molecule has 0 unspecified atom stereocenters. The van der Waals surface area contributed by atoms with Gasteiger partial charge in [-0.25, -0.2) is 8.42 Å². The third-order valence-corrected chi connectivity index (χ3v) is 7.96. The Morgan fingerprint density at radius 2 is 1.74 bits per heavy atom. The number of sulfonamides is 1. The van der Waals surface area contributed by atoms with Crippen molar-refractivity contribution in [2.75, 3.05) is 37.4 Å². The molecule has 0 fully saturated rings. The molecule has 2 aromatic carbocycles. The summed E-state index contributed by atoms with van der Waals surface area (Å²) in [7, 11) is -0.0424. The van der Waals surface area contributed by atoms with E-state index in [9.17, 15) is 18.0 Å². The van der Waals surface area contributed by atoms with Gasteiger partial charge in [0, 0.05) is 40.3 Å². The van der Waals surface area contributed by atoms with Gasteiger partial charge in [-0.2, -0.15) is 4.31 Å². The lowest BCUT2D eigenvalue weighted by Crippen LogP contribution is -2.33. The van der Waals surface area contributed by atoms with Crippen LogP contribution in [0.4, 0.5) is 11.4 Å². The monoisotopic (exact) mass is 484 g/mol. The van der Waals surface area contributed by atoms with Crippen LogP contribution in [0.15, 0.2) is 53.6 Å². The molecule has 34 heavy (non-hydrogen) atoms. The van der Waals surface area contributed by atoms with Crippen LogP contribution in [-0.2, 0) is 19.6 Å². The van der Waals surface area contributed by atoms with E-state index in [0.29, 0.717) is 24.5 Å². The highest BCUT2D eigenvalue weighted by Gasteiger charge is 2.29. The predicted octanol–water partition coefficient (Wildman–Crippen LogP) is 3.69. The Hall–Kier alpha value is -3.17. The number of nitrogens with zero attached hydrogens (tertiary/aromatic N) is 3. The number of anilines is 2. The largest absolute Gasteiger partial charge is 0.376 e. The number of hydrogen-bond donors (Lipinski definition) is 1. The summed E-state index contributed by atoms with van der Waals surface area (Å²) in [6.45, 7) is 5.75. The summed E-state index contributed by atoms with van der Waals surface area (Å²) < 4.78 is 27.4. The van der Waals surface area contributed by atoms with E-state index in [0.717, 1.165) is 11.1 Å². The highest BCUT2D eigenvalue weighted by molar-refractivity contribution is 7.89. The van der Waals surface area contributed by atoms with Crippen LogP contribution >= 0.6 is 0 Å². The smallest absolute Gasteiger partial charge is 0.243 e. The molecule has 0 saturated carbocycles. The van der Waals surface area contributed by atoms with Crippen LogP contribution in [-0.4, -0.2) is 56.6 Å². The molecule has 0 aliphatic carbocycles. The van der Waals surface area contributed by atoms with Crippen LogP contribution in [0.1, 0.15) is 44.4 Å². The molecule has 1 atom stereocenters. The van der Waals surface area contributed by atoms with Crippen molar-refractivity contribution in [2.24, 2.45) is 0 Å². The average Bonchev–Trinajstić information content (AvgIpc) is 2.79. The van der Waals surface area contributed by atoms with Crippen molar-refractivity contribution in [2.45, 2.75) is 38.1 Å². The summed E-state index contributed by atoms with van der Waals surface area (Å²) in [5.74, 6) is -0.480. The van der Waals surface area contributed by atoms with Crippen molar-refractivity contribution in [3.63, 3.8) is 0 Å². The summed E-state index contributed by atoms with van der Waals surface area (Å²) in [5, 5.41) is 2.89. The van der Waals surface area contributed by atoms with Gasteiger partial charge in [-0.3, -0.25) is 9.59 Å². The minimum absolute atomic E-state index is 0.0286. The van der Waals surface area contributed by atoms with E-state index in [2.05, 4.69) is 5.32 Å². The van der Waals surface area contributed by atoms with Gasteiger partial charge in [0.2, 0.25) is 21.8 Å². The van der Waals surface area contributed by atoms with E-state index in [-0.39, 0.29) is 23.1 Å². The first-order valence-corrected chi connectivity index (χ1v) is 12.7. The molecule has 1 aliphatic heterocycles. The summed E-state index contributed by atoms with van der Waals surface area (Å²) in [6.07, 6.45) is 3.59. The van der Waals surface area contributed by atoms with Gasteiger partial charge in [-0.05, 0) is 35.4 Å². The number of rotatable bonds is 8. The molecule has 1 aliphatic rings. The van der Waals surface area contributed by atoms with E-state index in [1.54, 1.807) is 37.1 Å². The summed E-state index contributed by atoms with van der Waals surface area (Å²) in [4.78, 5) is 28.9. The Kier molecular flexibility index (Phi) is 7.78. The van der Waals surface area contributed by atoms with Crippen molar-refractivity contribution in [1.82, 2.24) is 9.21 Å². The molecule has 0 bridgehead atoms. The first kappa shape index (κ1) is 25.5. The highest BCUT2D eigenvalue weighted by Crippen LogP contribution is 2.34. The van der Waals surface area contributed by atoms with E-state index < -0.39 is 16.1 Å². The Labute approximate surface area is 201 Å². The SMILES string of the molecule is CCN(CC)S(=O)(=O)c1ccc(N(C)C)c(NC(=O)C[C@H]2c3ccccc3C=CN2C(C)=O)c1. The number of benzene rings is 2. The third kappa shape index (κ3) is 5.15. The quantitative estimate of drug-likeness (QED) is 0.617. The number of amides is 2. The van der Waals surface area contributed by atoms with Crippen LogP contribution in [0.2, 0.25) is 0 Å². The molecule has 9 heteroatoms. The second-order valence-electron chi connectivity index (χ2n) is 8.30. The summed E-state index contributed by atoms with van der Waals surface area (Å²) in [6, 6.07) is 11.9. The maximum atomic E-state index is 13.2. The first-order valence-electron chi connectivity index (χ1n) is 11.3. The molecule has 3 rings (SSSR count). The molecule has 1 heterocycles. The minimum atomic E-state index is -3.69. The first-order chi connectivity index (χ1) is 16.1. The average molecular weight is 485 g/mol. The van der Waals surface area contributed by atoms with E-state index in [4.69, 9.17) is 0 Å². The van der Waals surface area contributed by atoms with Crippen LogP contribution in [0, 0.1) is 0 Å². The standard InChI is InChI=1S/C25H32N4O4S/c1-6-28(7-2)34(32,33)20-12-13-23(27(4)5)22(16-20)26-25(31)17-24-21-11-9-8-10-19(21)14-15-29(24)18(3)30/h8-16,24H,6-7,17H2,1-5H3,(H,26,31)/t24-/m0/s1. The molecule has 2 amide bonds. The Morgan fingerprint density at radius 3 is 2.35 bits per heavy atom. The fourth-order valence-corrected chi connectivity index (χ4v) is 5.65. The van der Waals surface area contributed by atoms with Gasteiger partial charge in [-0.15, -0.1) is 0 Å². The lowest BCUT2D eigenvalue weighted by Gasteiger charge is -2.32. The lowest BCUT2D eigenvalue weighted by molar-refractivity contribution is -0.129. The van der Waals surface area contributed by atoms with Crippen molar-refractivity contribution in [3.8, 4) is 0 Å². The maximum Gasteiger partial charge on any atom is 0.243 e. The van der Waals surface area contributed by atoms with Crippen LogP contribution in [0.25, 0.3) is 6.08 Å². The fraction of sp³-hybridized carbons (Fsp3) is 0.360. The number of fused-ring (bicyclic) bond motifs is 1. The number of nitrogens with one attached hydrogen (secondary N) is 1. The van der Waals surface area contributed by atoms with Crippen molar-refractivity contribution >= 4 is 39.3 Å². The number of carbonyl (C=O) groups excluding carboxylic acids is 2. The van der Waals surface area contributed by atoms with E-state index in [1.165, 1.54) is 17.3 Å². The molecular weight excluding hydrogens is 452 g/mol. The topological polar surface area (TPSA) is 90.0 Å². The van der Waals surface area contributed by atoms with Gasteiger partial charge >= 0.3 is 0 Å². The van der Waals surface area contributed by atoms with Gasteiger partial charge < -0.3 is 15.1 Å². The molecule has 0 spiro atoms.